The van der Waals surface area contributed by atoms with Gasteiger partial charge in [-0.05, 0) is 63.6 Å². The number of ether oxygens (including phenoxy) is 1. The van der Waals surface area contributed by atoms with E-state index in [1.807, 2.05) is 24.3 Å². The zero-order valence-corrected chi connectivity index (χ0v) is 22.4. The third kappa shape index (κ3) is 10.8. The topological polar surface area (TPSA) is 58.5 Å². The molecule has 6 heteroatoms. The average molecular weight is 469 g/mol. The summed E-state index contributed by atoms with van der Waals surface area (Å²) in [5.41, 5.74) is 4.41. The van der Waals surface area contributed by atoms with Crippen LogP contribution in [0.15, 0.2) is 52.6 Å². The summed E-state index contributed by atoms with van der Waals surface area (Å²) in [6.45, 7) is 14.0. The summed E-state index contributed by atoms with van der Waals surface area (Å²) in [5, 5.41) is 7.58. The Hall–Kier alpha value is -2.86. The van der Waals surface area contributed by atoms with Crippen molar-refractivity contribution in [2.75, 3.05) is 32.7 Å². The highest BCUT2D eigenvalue weighted by Crippen LogP contribution is 2.18. The molecule has 2 rings (SSSR count). The van der Waals surface area contributed by atoms with Crippen molar-refractivity contribution >= 4 is 17.7 Å². The van der Waals surface area contributed by atoms with Crippen LogP contribution in [0.1, 0.15) is 64.2 Å². The molecule has 0 atom stereocenters. The summed E-state index contributed by atoms with van der Waals surface area (Å²) < 4.78 is 5.77. The molecule has 188 valence electrons. The van der Waals surface area contributed by atoms with E-state index in [2.05, 4.69) is 87.2 Å². The molecule has 2 aromatic carbocycles. The SMILES string of the molecule is CCC.CCCc1ccc(OCC=N/C(=N\OC)c2ccc(C)c(NCN(C)C(C)C)c2)cc1. The van der Waals surface area contributed by atoms with Gasteiger partial charge in [0, 0.05) is 23.5 Å². The lowest BCUT2D eigenvalue weighted by atomic mass is 10.1. The molecule has 6 nitrogen and oxygen atoms in total. The van der Waals surface area contributed by atoms with Crippen molar-refractivity contribution in [1.29, 1.82) is 0 Å². The van der Waals surface area contributed by atoms with Gasteiger partial charge >= 0.3 is 0 Å². The Morgan fingerprint density at radius 2 is 1.76 bits per heavy atom. The van der Waals surface area contributed by atoms with Gasteiger partial charge in [-0.2, -0.15) is 0 Å². The van der Waals surface area contributed by atoms with Crippen LogP contribution >= 0.6 is 0 Å². The van der Waals surface area contributed by atoms with Crippen LogP contribution in [-0.4, -0.2) is 50.4 Å². The number of oxime groups is 1. The fourth-order valence-corrected chi connectivity index (χ4v) is 2.88. The molecule has 0 aliphatic heterocycles. The summed E-state index contributed by atoms with van der Waals surface area (Å²) >= 11 is 0. The summed E-state index contributed by atoms with van der Waals surface area (Å²) in [5.74, 6) is 1.33. The number of rotatable bonds is 11. The first-order valence-corrected chi connectivity index (χ1v) is 12.3. The number of hydrogen-bond acceptors (Lipinski definition) is 5. The van der Waals surface area contributed by atoms with Crippen LogP contribution in [0.2, 0.25) is 0 Å². The predicted octanol–water partition coefficient (Wildman–Crippen LogP) is 6.53. The zero-order valence-electron chi connectivity index (χ0n) is 22.4. The second-order valence-corrected chi connectivity index (χ2v) is 8.54. The van der Waals surface area contributed by atoms with Crippen LogP contribution in [0.4, 0.5) is 5.69 Å². The first-order valence-electron chi connectivity index (χ1n) is 12.3. The van der Waals surface area contributed by atoms with Crippen molar-refractivity contribution in [2.24, 2.45) is 10.1 Å². The van der Waals surface area contributed by atoms with Crippen LogP contribution in [0.3, 0.4) is 0 Å². The zero-order chi connectivity index (χ0) is 25.3. The highest BCUT2D eigenvalue weighted by Gasteiger charge is 2.08. The van der Waals surface area contributed by atoms with Gasteiger partial charge in [0.2, 0.25) is 0 Å². The van der Waals surface area contributed by atoms with Crippen molar-refractivity contribution in [3.63, 3.8) is 0 Å². The third-order valence-corrected chi connectivity index (χ3v) is 5.07. The number of aryl methyl sites for hydroxylation is 2. The lowest BCUT2D eigenvalue weighted by molar-refractivity contribution is 0.213. The van der Waals surface area contributed by atoms with Gasteiger partial charge < -0.3 is 14.9 Å². The number of aliphatic imine (C=N–C) groups is 1. The van der Waals surface area contributed by atoms with Gasteiger partial charge in [-0.15, -0.1) is 0 Å². The van der Waals surface area contributed by atoms with Crippen LogP contribution in [0.25, 0.3) is 0 Å². The van der Waals surface area contributed by atoms with Crippen LogP contribution in [-0.2, 0) is 11.3 Å². The lowest BCUT2D eigenvalue weighted by Crippen LogP contribution is -2.31. The maximum absolute atomic E-state index is 5.77. The molecule has 0 saturated heterocycles. The number of nitrogens with zero attached hydrogens (tertiary/aromatic N) is 3. The Kier molecular flexibility index (Phi) is 14.3. The molecule has 1 N–H and O–H groups in total. The average Bonchev–Trinajstić information content (AvgIpc) is 2.82. The Labute approximate surface area is 207 Å². The summed E-state index contributed by atoms with van der Waals surface area (Å²) in [6.07, 6.45) is 5.18. The Balaban J connectivity index is 0.00000182. The van der Waals surface area contributed by atoms with Crippen molar-refractivity contribution in [3.05, 3.63) is 59.2 Å². The fourth-order valence-electron chi connectivity index (χ4n) is 2.88. The predicted molar refractivity (Wildman–Crippen MR) is 147 cm³/mol. The van der Waals surface area contributed by atoms with Gasteiger partial charge in [-0.25, -0.2) is 4.99 Å². The Morgan fingerprint density at radius 3 is 2.35 bits per heavy atom. The van der Waals surface area contributed by atoms with Crippen molar-refractivity contribution in [3.8, 4) is 5.75 Å². The monoisotopic (exact) mass is 468 g/mol. The van der Waals surface area contributed by atoms with Gasteiger partial charge in [0.05, 0.1) is 6.67 Å². The molecule has 0 aliphatic rings. The molecule has 34 heavy (non-hydrogen) atoms. The summed E-state index contributed by atoms with van der Waals surface area (Å²) in [7, 11) is 3.62. The highest BCUT2D eigenvalue weighted by atomic mass is 16.6. The van der Waals surface area contributed by atoms with Crippen molar-refractivity contribution < 1.29 is 9.57 Å². The number of amidine groups is 1. The van der Waals surface area contributed by atoms with E-state index in [0.717, 1.165) is 42.1 Å². The van der Waals surface area contributed by atoms with E-state index in [9.17, 15) is 0 Å². The maximum Gasteiger partial charge on any atom is 0.198 e. The van der Waals surface area contributed by atoms with Gasteiger partial charge in [0.25, 0.3) is 0 Å². The highest BCUT2D eigenvalue weighted by molar-refractivity contribution is 6.03. The molecule has 0 unspecified atom stereocenters. The fraction of sp³-hybridized carbons (Fsp3) is 0.500. The molecule has 0 saturated carbocycles. The minimum atomic E-state index is 0.353. The van der Waals surface area contributed by atoms with E-state index >= 15 is 0 Å². The maximum atomic E-state index is 5.77. The molecule has 0 heterocycles. The first kappa shape index (κ1) is 29.2. The Morgan fingerprint density at radius 1 is 1.09 bits per heavy atom. The van der Waals surface area contributed by atoms with E-state index in [1.54, 1.807) is 6.21 Å². The molecular formula is C28H44N4O2. The molecule has 2 aromatic rings. The second-order valence-electron chi connectivity index (χ2n) is 8.54. The minimum absolute atomic E-state index is 0.353. The summed E-state index contributed by atoms with van der Waals surface area (Å²) in [4.78, 5) is 11.7. The Bertz CT molecular complexity index is 876. The number of benzene rings is 2. The van der Waals surface area contributed by atoms with E-state index in [1.165, 1.54) is 19.1 Å². The van der Waals surface area contributed by atoms with Crippen LogP contribution in [0, 0.1) is 6.92 Å². The minimum Gasteiger partial charge on any atom is -0.488 e. The molecule has 0 bridgehead atoms. The molecule has 0 aromatic heterocycles. The van der Waals surface area contributed by atoms with E-state index in [-0.39, 0.29) is 0 Å². The smallest absolute Gasteiger partial charge is 0.198 e. The molecule has 0 radical (unpaired) electrons. The first-order chi connectivity index (χ1) is 16.4. The molecule has 0 aliphatic carbocycles. The molecule has 0 amide bonds. The van der Waals surface area contributed by atoms with E-state index in [0.29, 0.717) is 18.5 Å². The third-order valence-electron chi connectivity index (χ3n) is 5.07. The number of hydrogen-bond donors (Lipinski definition) is 1. The largest absolute Gasteiger partial charge is 0.488 e. The molecule has 0 spiro atoms. The standard InChI is InChI=1S/C25H36N4O2.C3H8/c1-7-8-21-10-13-23(14-11-21)31-16-15-26-25(28-30-6)22-12-9-20(4)24(17-22)27-18-29(5)19(2)3;1-3-2/h9-15,17,19,27H,7-8,16,18H2,1-6H3;3H2,1-2H3/b26-15?,28-25-;. The van der Waals surface area contributed by atoms with Crippen LogP contribution in [0.5, 0.6) is 5.75 Å². The van der Waals surface area contributed by atoms with Gasteiger partial charge in [0.1, 0.15) is 19.5 Å². The van der Waals surface area contributed by atoms with Crippen LogP contribution < -0.4 is 10.1 Å². The quantitative estimate of drug-likeness (QED) is 0.176. The van der Waals surface area contributed by atoms with E-state index < -0.39 is 0 Å². The van der Waals surface area contributed by atoms with Gasteiger partial charge in [-0.3, -0.25) is 4.90 Å². The lowest BCUT2D eigenvalue weighted by Gasteiger charge is -2.22. The van der Waals surface area contributed by atoms with E-state index in [4.69, 9.17) is 9.57 Å². The normalized spacial score (nSPS) is 11.5. The number of nitrogens with one attached hydrogen (secondary N) is 1. The molecule has 0 fully saturated rings. The number of anilines is 1. The van der Waals surface area contributed by atoms with Gasteiger partial charge in [-0.1, -0.05) is 63.0 Å². The molecular weight excluding hydrogens is 424 g/mol. The second kappa shape index (κ2) is 16.7. The van der Waals surface area contributed by atoms with Crippen molar-refractivity contribution in [1.82, 2.24) is 4.90 Å². The van der Waals surface area contributed by atoms with Gasteiger partial charge in [0.15, 0.2) is 5.84 Å². The van der Waals surface area contributed by atoms with Crippen molar-refractivity contribution in [2.45, 2.75) is 66.8 Å². The summed E-state index contributed by atoms with van der Waals surface area (Å²) in [6, 6.07) is 14.8.